The Morgan fingerprint density at radius 3 is 2.22 bits per heavy atom. The van der Waals surface area contributed by atoms with Crippen molar-refractivity contribution in [2.45, 2.75) is 38.1 Å². The minimum Gasteiger partial charge on any atom is -0.395 e. The first-order valence-electron chi connectivity index (χ1n) is 8.77. The Kier molecular flexibility index (Phi) is 7.12. The van der Waals surface area contributed by atoms with Gasteiger partial charge in [0.05, 0.1) is 11.5 Å². The minimum atomic E-state index is -3.90. The molecule has 2 aromatic rings. The summed E-state index contributed by atoms with van der Waals surface area (Å²) in [6.45, 7) is 5.24. The van der Waals surface area contributed by atoms with Crippen LogP contribution in [-0.4, -0.2) is 38.6 Å². The summed E-state index contributed by atoms with van der Waals surface area (Å²) in [4.78, 5) is 12.7. The van der Waals surface area contributed by atoms with Gasteiger partial charge in [-0.15, -0.1) is 0 Å². The van der Waals surface area contributed by atoms with Crippen LogP contribution in [0.25, 0.3) is 0 Å². The number of benzene rings is 2. The minimum absolute atomic E-state index is 0.0639. The normalized spacial score (nSPS) is 12.6. The topological polar surface area (TPSA) is 95.5 Å². The molecule has 1 atom stereocenters. The molecule has 7 heteroatoms. The number of aliphatic hydroxyl groups is 1. The zero-order valence-corrected chi connectivity index (χ0v) is 16.6. The predicted octanol–water partition coefficient (Wildman–Crippen LogP) is 1.61. The lowest BCUT2D eigenvalue weighted by atomic mass is 10.1. The van der Waals surface area contributed by atoms with Gasteiger partial charge in [-0.3, -0.25) is 4.79 Å². The molecule has 27 heavy (non-hydrogen) atoms. The number of carbonyl (C=O) groups excluding carboxylic acids is 1. The van der Waals surface area contributed by atoms with Crippen LogP contribution in [0.3, 0.4) is 0 Å². The Morgan fingerprint density at radius 2 is 1.67 bits per heavy atom. The summed E-state index contributed by atoms with van der Waals surface area (Å²) in [6.07, 6.45) is 0.210. The zero-order valence-electron chi connectivity index (χ0n) is 15.8. The van der Waals surface area contributed by atoms with Crippen molar-refractivity contribution in [2.75, 3.05) is 13.2 Å². The molecule has 6 nitrogen and oxygen atoms in total. The molecule has 146 valence electrons. The van der Waals surface area contributed by atoms with E-state index in [4.69, 9.17) is 5.11 Å². The zero-order chi connectivity index (χ0) is 20.0. The summed E-state index contributed by atoms with van der Waals surface area (Å²) in [5.41, 5.74) is 3.08. The van der Waals surface area contributed by atoms with Gasteiger partial charge in [0.2, 0.25) is 15.9 Å². The molecule has 0 aliphatic rings. The van der Waals surface area contributed by atoms with Crippen LogP contribution in [-0.2, 0) is 21.2 Å². The van der Waals surface area contributed by atoms with E-state index in [-0.39, 0.29) is 24.5 Å². The van der Waals surface area contributed by atoms with E-state index in [9.17, 15) is 13.2 Å². The summed E-state index contributed by atoms with van der Waals surface area (Å²) >= 11 is 0. The van der Waals surface area contributed by atoms with Crippen molar-refractivity contribution in [3.05, 3.63) is 64.7 Å². The van der Waals surface area contributed by atoms with Gasteiger partial charge in [-0.25, -0.2) is 8.42 Å². The molecular weight excluding hydrogens is 364 g/mol. The van der Waals surface area contributed by atoms with Crippen LogP contribution in [0.15, 0.2) is 47.4 Å². The third-order valence-electron chi connectivity index (χ3n) is 4.18. The molecule has 0 radical (unpaired) electrons. The Balaban J connectivity index is 2.34. The van der Waals surface area contributed by atoms with Gasteiger partial charge in [-0.1, -0.05) is 48.0 Å². The fraction of sp³-hybridized carbons (Fsp3) is 0.350. The third kappa shape index (κ3) is 5.63. The van der Waals surface area contributed by atoms with E-state index in [0.717, 1.165) is 11.1 Å². The van der Waals surface area contributed by atoms with Gasteiger partial charge in [-0.05, 0) is 43.9 Å². The van der Waals surface area contributed by atoms with Crippen molar-refractivity contribution >= 4 is 15.9 Å². The fourth-order valence-corrected chi connectivity index (χ4v) is 4.83. The van der Waals surface area contributed by atoms with Crippen LogP contribution >= 0.6 is 0 Å². The molecule has 0 saturated carbocycles. The average Bonchev–Trinajstić information content (AvgIpc) is 2.58. The van der Waals surface area contributed by atoms with Crippen molar-refractivity contribution in [2.24, 2.45) is 0 Å². The maximum Gasteiger partial charge on any atom is 0.241 e. The molecule has 0 aliphatic heterocycles. The first kappa shape index (κ1) is 21.1. The Bertz CT molecular complexity index is 872. The smallest absolute Gasteiger partial charge is 0.241 e. The fourth-order valence-electron chi connectivity index (χ4n) is 3.18. The number of hydrogen-bond acceptors (Lipinski definition) is 4. The standard InChI is InChI=1S/C20H26N2O4S/c1-14-11-15(2)19(16(3)12-14)27(25,26)22-18(20(24)21-9-10-23)13-17-7-5-4-6-8-17/h4-8,11-12,18,22-23H,9-10,13H2,1-3H3,(H,21,24)/t18-/m1/s1. The highest BCUT2D eigenvalue weighted by molar-refractivity contribution is 7.89. The SMILES string of the molecule is Cc1cc(C)c(S(=O)(=O)N[C@H](Cc2ccccc2)C(=O)NCCO)c(C)c1. The monoisotopic (exact) mass is 390 g/mol. The van der Waals surface area contributed by atoms with Crippen LogP contribution in [0, 0.1) is 20.8 Å². The maximum absolute atomic E-state index is 13.0. The average molecular weight is 391 g/mol. The van der Waals surface area contributed by atoms with E-state index < -0.39 is 22.0 Å². The number of amides is 1. The summed E-state index contributed by atoms with van der Waals surface area (Å²) in [5.74, 6) is -0.473. The Hall–Kier alpha value is -2.22. The maximum atomic E-state index is 13.0. The Morgan fingerprint density at radius 1 is 1.07 bits per heavy atom. The number of aryl methyl sites for hydroxylation is 3. The molecule has 0 aromatic heterocycles. The number of aliphatic hydroxyl groups excluding tert-OH is 1. The molecule has 0 heterocycles. The van der Waals surface area contributed by atoms with Crippen molar-refractivity contribution in [3.63, 3.8) is 0 Å². The quantitative estimate of drug-likeness (QED) is 0.638. The first-order chi connectivity index (χ1) is 12.7. The van der Waals surface area contributed by atoms with Crippen molar-refractivity contribution < 1.29 is 18.3 Å². The molecule has 2 aromatic carbocycles. The van der Waals surface area contributed by atoms with Crippen LogP contribution in [0.5, 0.6) is 0 Å². The highest BCUT2D eigenvalue weighted by Crippen LogP contribution is 2.22. The van der Waals surface area contributed by atoms with Crippen LogP contribution < -0.4 is 10.0 Å². The molecular formula is C20H26N2O4S. The van der Waals surface area contributed by atoms with Gasteiger partial charge < -0.3 is 10.4 Å². The molecule has 0 bridgehead atoms. The van der Waals surface area contributed by atoms with Gasteiger partial charge in [0.15, 0.2) is 0 Å². The highest BCUT2D eigenvalue weighted by atomic mass is 32.2. The lowest BCUT2D eigenvalue weighted by molar-refractivity contribution is -0.122. The summed E-state index contributed by atoms with van der Waals surface area (Å²) in [5, 5.41) is 11.5. The van der Waals surface area contributed by atoms with Gasteiger partial charge in [0.25, 0.3) is 0 Å². The molecule has 0 spiro atoms. The summed E-state index contributed by atoms with van der Waals surface area (Å²) in [7, 11) is -3.90. The van der Waals surface area contributed by atoms with Gasteiger partial charge >= 0.3 is 0 Å². The van der Waals surface area contributed by atoms with Crippen molar-refractivity contribution in [1.29, 1.82) is 0 Å². The molecule has 0 aliphatic carbocycles. The van der Waals surface area contributed by atoms with Crippen LogP contribution in [0.2, 0.25) is 0 Å². The summed E-state index contributed by atoms with van der Waals surface area (Å²) < 4.78 is 28.6. The third-order valence-corrected chi connectivity index (χ3v) is 5.96. The van der Waals surface area contributed by atoms with E-state index in [0.29, 0.717) is 11.1 Å². The van der Waals surface area contributed by atoms with Crippen molar-refractivity contribution in [1.82, 2.24) is 10.0 Å². The number of nitrogens with one attached hydrogen (secondary N) is 2. The summed E-state index contributed by atoms with van der Waals surface area (Å²) in [6, 6.07) is 11.8. The highest BCUT2D eigenvalue weighted by Gasteiger charge is 2.28. The second-order valence-electron chi connectivity index (χ2n) is 6.61. The van der Waals surface area contributed by atoms with E-state index >= 15 is 0 Å². The van der Waals surface area contributed by atoms with E-state index in [1.807, 2.05) is 37.3 Å². The van der Waals surface area contributed by atoms with Crippen LogP contribution in [0.4, 0.5) is 0 Å². The lowest BCUT2D eigenvalue weighted by Gasteiger charge is -2.20. The number of sulfonamides is 1. The Labute approximate surface area is 160 Å². The molecule has 2 rings (SSSR count). The predicted molar refractivity (Wildman–Crippen MR) is 105 cm³/mol. The molecule has 0 saturated heterocycles. The van der Waals surface area contributed by atoms with Crippen molar-refractivity contribution in [3.8, 4) is 0 Å². The number of carbonyl (C=O) groups is 1. The van der Waals surface area contributed by atoms with E-state index in [1.165, 1.54) is 0 Å². The molecule has 1 amide bonds. The van der Waals surface area contributed by atoms with E-state index in [1.54, 1.807) is 26.0 Å². The number of rotatable bonds is 8. The van der Waals surface area contributed by atoms with Gasteiger partial charge in [0, 0.05) is 6.54 Å². The second kappa shape index (κ2) is 9.12. The molecule has 0 fully saturated rings. The molecule has 0 unspecified atom stereocenters. The van der Waals surface area contributed by atoms with Gasteiger partial charge in [0.1, 0.15) is 6.04 Å². The second-order valence-corrected chi connectivity index (χ2v) is 8.26. The molecule has 3 N–H and O–H groups in total. The number of hydrogen-bond donors (Lipinski definition) is 3. The largest absolute Gasteiger partial charge is 0.395 e. The van der Waals surface area contributed by atoms with Crippen LogP contribution in [0.1, 0.15) is 22.3 Å². The van der Waals surface area contributed by atoms with E-state index in [2.05, 4.69) is 10.0 Å². The van der Waals surface area contributed by atoms with Gasteiger partial charge in [-0.2, -0.15) is 4.72 Å². The first-order valence-corrected chi connectivity index (χ1v) is 10.3. The lowest BCUT2D eigenvalue weighted by Crippen LogP contribution is -2.48.